The molecule has 0 atom stereocenters. The predicted octanol–water partition coefficient (Wildman–Crippen LogP) is 2.41. The van der Waals surface area contributed by atoms with E-state index in [0.29, 0.717) is 23.4 Å². The molecule has 0 bridgehead atoms. The van der Waals surface area contributed by atoms with Gasteiger partial charge in [-0.05, 0) is 60.4 Å². The van der Waals surface area contributed by atoms with Gasteiger partial charge < -0.3 is 9.64 Å². The molecular weight excluding hydrogens is 338 g/mol. The molecule has 0 aliphatic carbocycles. The molecule has 1 aliphatic rings. The molecule has 2 aromatic rings. The summed E-state index contributed by atoms with van der Waals surface area (Å²) in [6.07, 6.45) is 2.17. The van der Waals surface area contributed by atoms with Crippen LogP contribution in [0.3, 0.4) is 0 Å². The highest BCUT2D eigenvalue weighted by molar-refractivity contribution is 7.99. The third kappa shape index (κ3) is 4.50. The van der Waals surface area contributed by atoms with Crippen LogP contribution in [0.1, 0.15) is 26.7 Å². The van der Waals surface area contributed by atoms with Crippen LogP contribution >= 0.6 is 11.8 Å². The summed E-state index contributed by atoms with van der Waals surface area (Å²) in [5.74, 6) is 2.02. The van der Waals surface area contributed by atoms with Crippen molar-refractivity contribution < 1.29 is 9.53 Å². The molecule has 7 nitrogen and oxygen atoms in total. The van der Waals surface area contributed by atoms with Crippen LogP contribution < -0.4 is 4.74 Å². The monoisotopic (exact) mass is 361 g/mol. The standard InChI is InChI=1S/C17H23N5O2S/c1-3-24-15-6-4-14(5-7-15)22-17(18-19-20-22)25-12-16(23)21-10-8-13(2)9-11-21/h4-7,13H,3,8-12H2,1-2H3. The van der Waals surface area contributed by atoms with Gasteiger partial charge in [0.15, 0.2) is 0 Å². The molecule has 3 rings (SSSR count). The fourth-order valence-electron chi connectivity index (χ4n) is 2.76. The number of hydrogen-bond donors (Lipinski definition) is 0. The van der Waals surface area contributed by atoms with Gasteiger partial charge in [-0.1, -0.05) is 18.7 Å². The number of likely N-dealkylation sites (tertiary alicyclic amines) is 1. The quantitative estimate of drug-likeness (QED) is 0.736. The molecule has 1 aromatic heterocycles. The van der Waals surface area contributed by atoms with Crippen molar-refractivity contribution in [3.05, 3.63) is 24.3 Å². The summed E-state index contributed by atoms with van der Waals surface area (Å²) in [5.41, 5.74) is 0.843. The SMILES string of the molecule is CCOc1ccc(-n2nnnc2SCC(=O)N2CCC(C)CC2)cc1. The van der Waals surface area contributed by atoms with Crippen molar-refractivity contribution >= 4 is 17.7 Å². The van der Waals surface area contributed by atoms with Gasteiger partial charge in [0, 0.05) is 13.1 Å². The van der Waals surface area contributed by atoms with E-state index >= 15 is 0 Å². The van der Waals surface area contributed by atoms with Gasteiger partial charge in [0.2, 0.25) is 11.1 Å². The number of tetrazole rings is 1. The first-order valence-electron chi connectivity index (χ1n) is 8.59. The second-order valence-electron chi connectivity index (χ2n) is 6.15. The first-order valence-corrected chi connectivity index (χ1v) is 9.58. The van der Waals surface area contributed by atoms with E-state index < -0.39 is 0 Å². The minimum Gasteiger partial charge on any atom is -0.494 e. The molecule has 2 heterocycles. The molecule has 0 unspecified atom stereocenters. The van der Waals surface area contributed by atoms with Crippen LogP contribution in [-0.2, 0) is 4.79 Å². The van der Waals surface area contributed by atoms with Gasteiger partial charge in [0.25, 0.3) is 0 Å². The summed E-state index contributed by atoms with van der Waals surface area (Å²) in [6, 6.07) is 7.57. The Hall–Kier alpha value is -2.09. The summed E-state index contributed by atoms with van der Waals surface area (Å²) in [6.45, 7) is 6.52. The van der Waals surface area contributed by atoms with Crippen LogP contribution in [0.4, 0.5) is 0 Å². The maximum atomic E-state index is 12.4. The van der Waals surface area contributed by atoms with E-state index in [9.17, 15) is 4.79 Å². The molecule has 0 radical (unpaired) electrons. The van der Waals surface area contributed by atoms with Gasteiger partial charge in [-0.3, -0.25) is 4.79 Å². The zero-order chi connectivity index (χ0) is 17.6. The average molecular weight is 361 g/mol. The van der Waals surface area contributed by atoms with Crippen LogP contribution in [0.25, 0.3) is 5.69 Å². The topological polar surface area (TPSA) is 73.1 Å². The van der Waals surface area contributed by atoms with Gasteiger partial charge in [-0.15, -0.1) is 5.10 Å². The zero-order valence-corrected chi connectivity index (χ0v) is 15.4. The van der Waals surface area contributed by atoms with Crippen molar-refractivity contribution in [3.63, 3.8) is 0 Å². The molecule has 1 aromatic carbocycles. The Kier molecular flexibility index (Phi) is 5.91. The number of nitrogens with zero attached hydrogens (tertiary/aromatic N) is 5. The van der Waals surface area contributed by atoms with Gasteiger partial charge in [-0.25, -0.2) is 0 Å². The van der Waals surface area contributed by atoms with E-state index in [1.807, 2.05) is 36.1 Å². The third-order valence-electron chi connectivity index (χ3n) is 4.29. The number of carbonyl (C=O) groups is 1. The van der Waals surface area contributed by atoms with E-state index in [-0.39, 0.29) is 5.91 Å². The third-order valence-corrected chi connectivity index (χ3v) is 5.20. The summed E-state index contributed by atoms with van der Waals surface area (Å²) >= 11 is 1.37. The minimum atomic E-state index is 0.151. The van der Waals surface area contributed by atoms with Crippen molar-refractivity contribution in [2.24, 2.45) is 5.92 Å². The number of amides is 1. The molecule has 1 saturated heterocycles. The van der Waals surface area contributed by atoms with Crippen LogP contribution in [0, 0.1) is 5.92 Å². The molecule has 25 heavy (non-hydrogen) atoms. The van der Waals surface area contributed by atoms with Gasteiger partial charge in [0.1, 0.15) is 5.75 Å². The highest BCUT2D eigenvalue weighted by atomic mass is 32.2. The molecule has 0 N–H and O–H groups in total. The second kappa shape index (κ2) is 8.33. The minimum absolute atomic E-state index is 0.151. The number of ether oxygens (including phenoxy) is 1. The fraction of sp³-hybridized carbons (Fsp3) is 0.529. The van der Waals surface area contributed by atoms with Crippen LogP contribution in [0.5, 0.6) is 5.75 Å². The van der Waals surface area contributed by atoms with Crippen molar-refractivity contribution in [2.45, 2.75) is 31.8 Å². The highest BCUT2D eigenvalue weighted by Gasteiger charge is 2.21. The van der Waals surface area contributed by atoms with Gasteiger partial charge in [-0.2, -0.15) is 4.68 Å². The van der Waals surface area contributed by atoms with E-state index in [2.05, 4.69) is 22.4 Å². The van der Waals surface area contributed by atoms with Crippen LogP contribution in [0.15, 0.2) is 29.4 Å². The molecule has 134 valence electrons. The lowest BCUT2D eigenvalue weighted by Gasteiger charge is -2.30. The molecule has 0 spiro atoms. The van der Waals surface area contributed by atoms with E-state index in [1.165, 1.54) is 11.8 Å². The van der Waals surface area contributed by atoms with E-state index in [0.717, 1.165) is 37.4 Å². The van der Waals surface area contributed by atoms with E-state index in [1.54, 1.807) is 4.68 Å². The average Bonchev–Trinajstić information content (AvgIpc) is 3.10. The molecule has 1 fully saturated rings. The smallest absolute Gasteiger partial charge is 0.233 e. The molecule has 8 heteroatoms. The van der Waals surface area contributed by atoms with Crippen molar-refractivity contribution in [1.29, 1.82) is 0 Å². The lowest BCUT2D eigenvalue weighted by Crippen LogP contribution is -2.38. The molecule has 1 aliphatic heterocycles. The largest absolute Gasteiger partial charge is 0.494 e. The Balaban J connectivity index is 1.61. The molecule has 1 amide bonds. The summed E-state index contributed by atoms with van der Waals surface area (Å²) in [7, 11) is 0. The Bertz CT molecular complexity index is 695. The highest BCUT2D eigenvalue weighted by Crippen LogP contribution is 2.22. The number of aromatic nitrogens is 4. The number of rotatable bonds is 6. The van der Waals surface area contributed by atoms with Crippen molar-refractivity contribution in [1.82, 2.24) is 25.1 Å². The normalized spacial score (nSPS) is 15.4. The fourth-order valence-corrected chi connectivity index (χ4v) is 3.55. The second-order valence-corrected chi connectivity index (χ2v) is 7.09. The number of thioether (sulfide) groups is 1. The number of piperidine rings is 1. The Morgan fingerprint density at radius 1 is 1.28 bits per heavy atom. The van der Waals surface area contributed by atoms with Gasteiger partial charge >= 0.3 is 0 Å². The lowest BCUT2D eigenvalue weighted by molar-refractivity contribution is -0.129. The maximum absolute atomic E-state index is 12.4. The number of hydrogen-bond acceptors (Lipinski definition) is 6. The Morgan fingerprint density at radius 2 is 2.00 bits per heavy atom. The van der Waals surface area contributed by atoms with Crippen LogP contribution in [0.2, 0.25) is 0 Å². The summed E-state index contributed by atoms with van der Waals surface area (Å²) < 4.78 is 7.09. The Morgan fingerprint density at radius 3 is 2.68 bits per heavy atom. The zero-order valence-electron chi connectivity index (χ0n) is 14.6. The summed E-state index contributed by atoms with van der Waals surface area (Å²) in [4.78, 5) is 14.3. The van der Waals surface area contributed by atoms with Gasteiger partial charge in [0.05, 0.1) is 18.0 Å². The van der Waals surface area contributed by atoms with Crippen molar-refractivity contribution in [2.75, 3.05) is 25.4 Å². The first kappa shape index (κ1) is 17.7. The number of carbonyl (C=O) groups excluding carboxylic acids is 1. The van der Waals surface area contributed by atoms with E-state index in [4.69, 9.17) is 4.74 Å². The van der Waals surface area contributed by atoms with Crippen LogP contribution in [-0.4, -0.2) is 56.5 Å². The first-order chi connectivity index (χ1) is 12.2. The molecule has 0 saturated carbocycles. The summed E-state index contributed by atoms with van der Waals surface area (Å²) in [5, 5.41) is 12.4. The Labute approximate surface area is 151 Å². The number of benzene rings is 1. The molecular formula is C17H23N5O2S. The maximum Gasteiger partial charge on any atom is 0.233 e. The lowest BCUT2D eigenvalue weighted by atomic mass is 9.99. The predicted molar refractivity (Wildman–Crippen MR) is 96.0 cm³/mol. The van der Waals surface area contributed by atoms with Crippen molar-refractivity contribution in [3.8, 4) is 11.4 Å².